The molecule has 0 atom stereocenters. The summed E-state index contributed by atoms with van der Waals surface area (Å²) in [6.45, 7) is 4.59. The van der Waals surface area contributed by atoms with Crippen molar-refractivity contribution in [1.29, 1.82) is 0 Å². The first-order valence-corrected chi connectivity index (χ1v) is 8.07. The second-order valence-electron chi connectivity index (χ2n) is 4.10. The van der Waals surface area contributed by atoms with Crippen molar-refractivity contribution in [2.24, 2.45) is 0 Å². The summed E-state index contributed by atoms with van der Waals surface area (Å²) in [5.41, 5.74) is 1.40. The van der Waals surface area contributed by atoms with Gasteiger partial charge in [-0.25, -0.2) is 0 Å². The number of rotatable bonds is 5. The Kier molecular flexibility index (Phi) is 5.66. The normalized spacial score (nSPS) is 9.89. The van der Waals surface area contributed by atoms with Crippen LogP contribution < -0.4 is 20.7 Å². The zero-order valence-corrected chi connectivity index (χ0v) is 12.6. The maximum absolute atomic E-state index is 12.0. The summed E-state index contributed by atoms with van der Waals surface area (Å²) in [5.74, 6) is 3.11. The van der Waals surface area contributed by atoms with E-state index in [0.29, 0.717) is 17.9 Å². The van der Waals surface area contributed by atoms with E-state index in [1.165, 1.54) is 0 Å². The number of carbonyl (C=O) groups is 1. The van der Waals surface area contributed by atoms with Crippen molar-refractivity contribution in [3.8, 4) is 18.1 Å². The first-order valence-electron chi connectivity index (χ1n) is 5.84. The summed E-state index contributed by atoms with van der Waals surface area (Å²) in [6.07, 6.45) is 5.24. The number of hydrogen-bond donors (Lipinski definition) is 2. The van der Waals surface area contributed by atoms with Crippen LogP contribution in [0.25, 0.3) is 0 Å². The van der Waals surface area contributed by atoms with Gasteiger partial charge in [-0.1, -0.05) is 13.8 Å². The molecule has 19 heavy (non-hydrogen) atoms. The van der Waals surface area contributed by atoms with E-state index in [1.807, 2.05) is 6.07 Å². The Morgan fingerprint density at radius 2 is 2.16 bits per heavy atom. The van der Waals surface area contributed by atoms with Gasteiger partial charge in [0.05, 0.1) is 19.3 Å². The van der Waals surface area contributed by atoms with Gasteiger partial charge in [0.25, 0.3) is 5.91 Å². The highest BCUT2D eigenvalue weighted by molar-refractivity contribution is 7.64. The van der Waals surface area contributed by atoms with Gasteiger partial charge in [-0.05, 0) is 30.8 Å². The lowest BCUT2D eigenvalue weighted by Gasteiger charge is -2.17. The Labute approximate surface area is 115 Å². The molecule has 0 radical (unpaired) electrons. The quantitative estimate of drug-likeness (QED) is 0.633. The average Bonchev–Trinajstić information content (AvgIpc) is 2.42. The molecular weight excluding hydrogens is 259 g/mol. The highest BCUT2D eigenvalue weighted by Gasteiger charge is 2.17. The van der Waals surface area contributed by atoms with Crippen LogP contribution in [0.5, 0.6) is 5.75 Å². The Hall–Kier alpha value is -1.72. The highest BCUT2D eigenvalue weighted by Crippen LogP contribution is 2.32. The minimum Gasteiger partial charge on any atom is -0.495 e. The molecule has 1 aromatic rings. The molecule has 0 spiro atoms. The van der Waals surface area contributed by atoms with Gasteiger partial charge in [-0.3, -0.25) is 4.79 Å². The standard InChI is InChI=1S/C14H19N2O2P/c1-6-7-16-11-8-10(14(17)15-2)13(19(4)5)9-12(11)18-3/h1,8-9,16H,7H2,2-5H3,(H,15,17). The number of terminal acetylenes is 1. The molecule has 102 valence electrons. The number of anilines is 1. The van der Waals surface area contributed by atoms with Crippen molar-refractivity contribution < 1.29 is 9.53 Å². The van der Waals surface area contributed by atoms with Gasteiger partial charge in [0, 0.05) is 12.6 Å². The molecule has 1 amide bonds. The molecule has 0 heterocycles. The Bertz CT molecular complexity index is 507. The predicted octanol–water partition coefficient (Wildman–Crippen LogP) is 1.47. The molecular formula is C14H19N2O2P. The number of carbonyl (C=O) groups excluding carboxylic acids is 1. The third-order valence-corrected chi connectivity index (χ3v) is 3.99. The van der Waals surface area contributed by atoms with E-state index < -0.39 is 7.92 Å². The maximum atomic E-state index is 12.0. The molecule has 4 nitrogen and oxygen atoms in total. The van der Waals surface area contributed by atoms with Crippen molar-refractivity contribution in [2.75, 3.05) is 39.3 Å². The lowest BCUT2D eigenvalue weighted by molar-refractivity contribution is 0.0964. The van der Waals surface area contributed by atoms with Crippen LogP contribution >= 0.6 is 7.92 Å². The lowest BCUT2D eigenvalue weighted by atomic mass is 10.1. The van der Waals surface area contributed by atoms with Crippen molar-refractivity contribution in [3.05, 3.63) is 17.7 Å². The van der Waals surface area contributed by atoms with E-state index in [9.17, 15) is 4.79 Å². The number of nitrogens with one attached hydrogen (secondary N) is 2. The van der Waals surface area contributed by atoms with Gasteiger partial charge in [0.1, 0.15) is 5.75 Å². The lowest BCUT2D eigenvalue weighted by Crippen LogP contribution is -2.25. The molecule has 0 saturated carbocycles. The summed E-state index contributed by atoms with van der Waals surface area (Å²) in [7, 11) is 2.82. The van der Waals surface area contributed by atoms with Crippen LogP contribution in [-0.2, 0) is 0 Å². The molecule has 1 rings (SSSR count). The van der Waals surface area contributed by atoms with E-state index in [-0.39, 0.29) is 5.91 Å². The summed E-state index contributed by atoms with van der Waals surface area (Å²) in [4.78, 5) is 12.0. The summed E-state index contributed by atoms with van der Waals surface area (Å²) < 4.78 is 5.35. The first-order chi connectivity index (χ1) is 9.04. The minimum absolute atomic E-state index is 0.0994. The smallest absolute Gasteiger partial charge is 0.251 e. The molecule has 0 bridgehead atoms. The predicted molar refractivity (Wildman–Crippen MR) is 82.1 cm³/mol. The Balaban J connectivity index is 3.34. The fourth-order valence-corrected chi connectivity index (χ4v) is 2.73. The fraction of sp³-hybridized carbons (Fsp3) is 0.357. The van der Waals surface area contributed by atoms with E-state index in [4.69, 9.17) is 11.2 Å². The third-order valence-electron chi connectivity index (χ3n) is 2.65. The van der Waals surface area contributed by atoms with Crippen LogP contribution in [0, 0.1) is 12.3 Å². The zero-order chi connectivity index (χ0) is 14.4. The van der Waals surface area contributed by atoms with Gasteiger partial charge < -0.3 is 15.4 Å². The summed E-state index contributed by atoms with van der Waals surface area (Å²) >= 11 is 0. The molecule has 0 aromatic heterocycles. The van der Waals surface area contributed by atoms with Crippen molar-refractivity contribution >= 4 is 24.8 Å². The first kappa shape index (κ1) is 15.3. The number of hydrogen-bond acceptors (Lipinski definition) is 3. The topological polar surface area (TPSA) is 50.4 Å². The SMILES string of the molecule is C#CCNc1cc(C(=O)NC)c(P(C)C)cc1OC. The van der Waals surface area contributed by atoms with Crippen LogP contribution in [0.15, 0.2) is 12.1 Å². The number of benzene rings is 1. The van der Waals surface area contributed by atoms with E-state index in [0.717, 1.165) is 11.0 Å². The number of methoxy groups -OCH3 is 1. The molecule has 1 aromatic carbocycles. The molecule has 0 unspecified atom stereocenters. The molecule has 0 aliphatic heterocycles. The monoisotopic (exact) mass is 278 g/mol. The second kappa shape index (κ2) is 7.01. The van der Waals surface area contributed by atoms with E-state index in [2.05, 4.69) is 29.9 Å². The zero-order valence-electron chi connectivity index (χ0n) is 11.7. The average molecular weight is 278 g/mol. The van der Waals surface area contributed by atoms with Gasteiger partial charge in [-0.2, -0.15) is 0 Å². The maximum Gasteiger partial charge on any atom is 0.251 e. The van der Waals surface area contributed by atoms with Crippen molar-refractivity contribution in [1.82, 2.24) is 5.32 Å². The van der Waals surface area contributed by atoms with Gasteiger partial charge in [-0.15, -0.1) is 6.42 Å². The van der Waals surface area contributed by atoms with Crippen LogP contribution in [0.1, 0.15) is 10.4 Å². The largest absolute Gasteiger partial charge is 0.495 e. The van der Waals surface area contributed by atoms with Gasteiger partial charge in [0.15, 0.2) is 0 Å². The molecule has 0 saturated heterocycles. The summed E-state index contributed by atoms with van der Waals surface area (Å²) in [6, 6.07) is 3.71. The number of ether oxygens (including phenoxy) is 1. The van der Waals surface area contributed by atoms with Crippen LogP contribution in [0.2, 0.25) is 0 Å². The summed E-state index contributed by atoms with van der Waals surface area (Å²) in [5, 5.41) is 6.74. The third kappa shape index (κ3) is 3.62. The molecule has 2 N–H and O–H groups in total. The highest BCUT2D eigenvalue weighted by atomic mass is 31.1. The Morgan fingerprint density at radius 3 is 2.63 bits per heavy atom. The van der Waals surface area contributed by atoms with Gasteiger partial charge in [0.2, 0.25) is 0 Å². The second-order valence-corrected chi connectivity index (χ2v) is 6.37. The van der Waals surface area contributed by atoms with Crippen molar-refractivity contribution in [2.45, 2.75) is 0 Å². The number of amides is 1. The fourth-order valence-electron chi connectivity index (χ4n) is 1.71. The molecule has 0 fully saturated rings. The van der Waals surface area contributed by atoms with Crippen molar-refractivity contribution in [3.63, 3.8) is 0 Å². The van der Waals surface area contributed by atoms with E-state index in [1.54, 1.807) is 20.2 Å². The van der Waals surface area contributed by atoms with Gasteiger partial charge >= 0.3 is 0 Å². The molecule has 0 aliphatic carbocycles. The minimum atomic E-state index is -0.411. The van der Waals surface area contributed by atoms with E-state index >= 15 is 0 Å². The van der Waals surface area contributed by atoms with Crippen LogP contribution in [0.4, 0.5) is 5.69 Å². The van der Waals surface area contributed by atoms with Crippen LogP contribution in [-0.4, -0.2) is 39.9 Å². The van der Waals surface area contributed by atoms with Crippen LogP contribution in [0.3, 0.4) is 0 Å². The molecule has 5 heteroatoms. The molecule has 0 aliphatic rings. The Morgan fingerprint density at radius 1 is 1.47 bits per heavy atom.